The molecule has 1 aliphatic rings. The van der Waals surface area contributed by atoms with Crippen molar-refractivity contribution >= 4 is 11.6 Å². The van der Waals surface area contributed by atoms with E-state index >= 15 is 0 Å². The van der Waals surface area contributed by atoms with Crippen LogP contribution in [0.3, 0.4) is 0 Å². The highest BCUT2D eigenvalue weighted by Gasteiger charge is 2.23. The molecular formula is C13H19N5O. The minimum atomic E-state index is -0.297. The lowest BCUT2D eigenvalue weighted by molar-refractivity contribution is 0.122. The monoisotopic (exact) mass is 261 g/mol. The highest BCUT2D eigenvalue weighted by molar-refractivity contribution is 5.44. The van der Waals surface area contributed by atoms with Gasteiger partial charge < -0.3 is 10.4 Å². The summed E-state index contributed by atoms with van der Waals surface area (Å²) in [7, 11) is 0. The second-order valence-corrected chi connectivity index (χ2v) is 5.25. The molecule has 6 nitrogen and oxygen atoms in total. The fourth-order valence-corrected chi connectivity index (χ4v) is 2.77. The largest absolute Gasteiger partial charge is 0.391 e. The van der Waals surface area contributed by atoms with Crippen molar-refractivity contribution in [2.24, 2.45) is 5.92 Å². The number of nitrogens with one attached hydrogen (secondary N) is 1. The minimum Gasteiger partial charge on any atom is -0.391 e. The molecule has 0 radical (unpaired) electrons. The molecule has 6 heteroatoms. The third kappa shape index (κ3) is 2.53. The Morgan fingerprint density at radius 1 is 1.47 bits per heavy atom. The van der Waals surface area contributed by atoms with Gasteiger partial charge in [0.2, 0.25) is 0 Å². The summed E-state index contributed by atoms with van der Waals surface area (Å²) in [6.45, 7) is 2.47. The quantitative estimate of drug-likeness (QED) is 0.870. The van der Waals surface area contributed by atoms with Crippen molar-refractivity contribution in [2.75, 3.05) is 11.9 Å². The van der Waals surface area contributed by atoms with Crippen molar-refractivity contribution in [3.8, 4) is 0 Å². The summed E-state index contributed by atoms with van der Waals surface area (Å²) < 4.78 is 1.66. The Kier molecular flexibility index (Phi) is 3.33. The Morgan fingerprint density at radius 3 is 3.05 bits per heavy atom. The Bertz CT molecular complexity index is 561. The van der Waals surface area contributed by atoms with Crippen molar-refractivity contribution < 1.29 is 5.11 Å². The van der Waals surface area contributed by atoms with Crippen LogP contribution >= 0.6 is 0 Å². The summed E-state index contributed by atoms with van der Waals surface area (Å²) in [6, 6.07) is 1.92. The zero-order valence-corrected chi connectivity index (χ0v) is 11.1. The van der Waals surface area contributed by atoms with E-state index in [1.165, 1.54) is 19.2 Å². The van der Waals surface area contributed by atoms with E-state index in [0.29, 0.717) is 18.2 Å². The molecule has 3 rings (SSSR count). The fraction of sp³-hybridized carbons (Fsp3) is 0.615. The zero-order valence-electron chi connectivity index (χ0n) is 11.1. The van der Waals surface area contributed by atoms with Gasteiger partial charge in [-0.25, -0.2) is 4.98 Å². The Hall–Kier alpha value is -1.69. The summed E-state index contributed by atoms with van der Waals surface area (Å²) >= 11 is 0. The Morgan fingerprint density at radius 2 is 2.26 bits per heavy atom. The summed E-state index contributed by atoms with van der Waals surface area (Å²) in [6.07, 6.45) is 5.94. The second-order valence-electron chi connectivity index (χ2n) is 5.25. The highest BCUT2D eigenvalue weighted by Crippen LogP contribution is 2.27. The van der Waals surface area contributed by atoms with Gasteiger partial charge >= 0.3 is 0 Å². The van der Waals surface area contributed by atoms with E-state index in [1.807, 2.05) is 13.0 Å². The molecule has 2 aromatic heterocycles. The van der Waals surface area contributed by atoms with E-state index in [9.17, 15) is 5.11 Å². The van der Waals surface area contributed by atoms with Gasteiger partial charge in [-0.2, -0.15) is 14.6 Å². The molecule has 0 spiro atoms. The van der Waals surface area contributed by atoms with Crippen LogP contribution in [0.1, 0.15) is 31.4 Å². The number of fused-ring (bicyclic) bond motifs is 1. The van der Waals surface area contributed by atoms with Crippen LogP contribution < -0.4 is 5.32 Å². The van der Waals surface area contributed by atoms with Gasteiger partial charge in [0.25, 0.3) is 5.78 Å². The maximum absolute atomic E-state index is 10.2. The van der Waals surface area contributed by atoms with Crippen molar-refractivity contribution in [3.05, 3.63) is 18.1 Å². The molecule has 2 aromatic rings. The van der Waals surface area contributed by atoms with Crippen LogP contribution in [0.5, 0.6) is 0 Å². The van der Waals surface area contributed by atoms with Gasteiger partial charge in [0.1, 0.15) is 12.1 Å². The third-order valence-corrected chi connectivity index (χ3v) is 3.82. The molecule has 19 heavy (non-hydrogen) atoms. The topological polar surface area (TPSA) is 75.3 Å². The number of aliphatic hydroxyl groups excluding tert-OH is 1. The first-order valence-electron chi connectivity index (χ1n) is 6.83. The predicted octanol–water partition coefficient (Wildman–Crippen LogP) is 1.40. The SMILES string of the molecule is Cc1cc(NCC(O)C2CCCC2)n2ncnc2n1. The molecule has 1 fully saturated rings. The second kappa shape index (κ2) is 5.13. The predicted molar refractivity (Wildman–Crippen MR) is 72.0 cm³/mol. The Labute approximate surface area is 111 Å². The molecule has 1 saturated carbocycles. The van der Waals surface area contributed by atoms with Crippen LogP contribution in [-0.2, 0) is 0 Å². The first kappa shape index (κ1) is 12.3. The highest BCUT2D eigenvalue weighted by atomic mass is 16.3. The number of aryl methyl sites for hydroxylation is 1. The fourth-order valence-electron chi connectivity index (χ4n) is 2.77. The van der Waals surface area contributed by atoms with E-state index in [0.717, 1.165) is 24.4 Å². The van der Waals surface area contributed by atoms with Gasteiger partial charge in [-0.05, 0) is 25.7 Å². The van der Waals surface area contributed by atoms with Gasteiger partial charge in [0.05, 0.1) is 6.10 Å². The Balaban J connectivity index is 1.72. The van der Waals surface area contributed by atoms with Crippen LogP contribution in [0.4, 0.5) is 5.82 Å². The lowest BCUT2D eigenvalue weighted by atomic mass is 10.0. The number of anilines is 1. The number of rotatable bonds is 4. The lowest BCUT2D eigenvalue weighted by Crippen LogP contribution is -2.27. The van der Waals surface area contributed by atoms with Crippen LogP contribution in [-0.4, -0.2) is 37.3 Å². The van der Waals surface area contributed by atoms with E-state index in [2.05, 4.69) is 20.4 Å². The molecule has 102 valence electrons. The number of aliphatic hydroxyl groups is 1. The number of hydrogen-bond acceptors (Lipinski definition) is 5. The number of hydrogen-bond donors (Lipinski definition) is 2. The van der Waals surface area contributed by atoms with E-state index in [-0.39, 0.29) is 6.10 Å². The van der Waals surface area contributed by atoms with E-state index in [1.54, 1.807) is 4.52 Å². The molecule has 2 N–H and O–H groups in total. The van der Waals surface area contributed by atoms with E-state index in [4.69, 9.17) is 0 Å². The lowest BCUT2D eigenvalue weighted by Gasteiger charge is -2.18. The average Bonchev–Trinajstić information content (AvgIpc) is 3.05. The van der Waals surface area contributed by atoms with Gasteiger partial charge in [0.15, 0.2) is 0 Å². The van der Waals surface area contributed by atoms with E-state index < -0.39 is 0 Å². The minimum absolute atomic E-state index is 0.297. The summed E-state index contributed by atoms with van der Waals surface area (Å²) in [5.41, 5.74) is 0.887. The first-order valence-corrected chi connectivity index (χ1v) is 6.83. The molecule has 0 amide bonds. The smallest absolute Gasteiger partial charge is 0.254 e. The summed E-state index contributed by atoms with van der Waals surface area (Å²) in [4.78, 5) is 8.37. The van der Waals surface area contributed by atoms with Crippen molar-refractivity contribution in [1.82, 2.24) is 19.6 Å². The molecule has 0 aromatic carbocycles. The maximum Gasteiger partial charge on any atom is 0.254 e. The van der Waals surface area contributed by atoms with Gasteiger partial charge in [-0.1, -0.05) is 12.8 Å². The van der Waals surface area contributed by atoms with Crippen molar-refractivity contribution in [2.45, 2.75) is 38.7 Å². The van der Waals surface area contributed by atoms with Crippen LogP contribution in [0.25, 0.3) is 5.78 Å². The number of aromatic nitrogens is 4. The number of nitrogens with zero attached hydrogens (tertiary/aromatic N) is 4. The van der Waals surface area contributed by atoms with Gasteiger partial charge in [-0.3, -0.25) is 0 Å². The molecule has 0 bridgehead atoms. The molecule has 2 heterocycles. The molecule has 1 atom stereocenters. The first-order chi connectivity index (χ1) is 9.24. The maximum atomic E-state index is 10.2. The zero-order chi connectivity index (χ0) is 13.2. The van der Waals surface area contributed by atoms with Crippen molar-refractivity contribution in [3.63, 3.8) is 0 Å². The molecule has 1 unspecified atom stereocenters. The average molecular weight is 261 g/mol. The molecule has 0 saturated heterocycles. The summed E-state index contributed by atoms with van der Waals surface area (Å²) in [5.74, 6) is 1.84. The molecule has 0 aliphatic heterocycles. The van der Waals surface area contributed by atoms with Crippen LogP contribution in [0.15, 0.2) is 12.4 Å². The van der Waals surface area contributed by atoms with Gasteiger partial charge in [0, 0.05) is 18.3 Å². The molecule has 1 aliphatic carbocycles. The third-order valence-electron chi connectivity index (χ3n) is 3.82. The van der Waals surface area contributed by atoms with Crippen LogP contribution in [0.2, 0.25) is 0 Å². The summed E-state index contributed by atoms with van der Waals surface area (Å²) in [5, 5.41) is 17.6. The van der Waals surface area contributed by atoms with Crippen molar-refractivity contribution in [1.29, 1.82) is 0 Å². The van der Waals surface area contributed by atoms with Gasteiger partial charge in [-0.15, -0.1) is 0 Å². The normalized spacial score (nSPS) is 18.0. The standard InChI is InChI=1S/C13H19N5O/c1-9-6-12(18-13(17-9)15-8-16-18)14-7-11(19)10-4-2-3-5-10/h6,8,10-11,14,19H,2-5,7H2,1H3. The van der Waals surface area contributed by atoms with Crippen LogP contribution in [0, 0.1) is 12.8 Å². The molecular weight excluding hydrogens is 242 g/mol.